The van der Waals surface area contributed by atoms with Crippen molar-refractivity contribution >= 4 is 5.69 Å². The van der Waals surface area contributed by atoms with Crippen molar-refractivity contribution in [1.29, 1.82) is 0 Å². The summed E-state index contributed by atoms with van der Waals surface area (Å²) in [7, 11) is 4.32. The molecule has 9 heteroatoms. The predicted octanol–water partition coefficient (Wildman–Crippen LogP) is 4.67. The van der Waals surface area contributed by atoms with Crippen LogP contribution in [0.25, 0.3) is 0 Å². The van der Waals surface area contributed by atoms with E-state index < -0.39 is 11.8 Å². The highest BCUT2D eigenvalue weighted by Crippen LogP contribution is 2.47. The fraction of sp³-hybridized carbons (Fsp3) is 0.481. The number of ether oxygens (including phenoxy) is 4. The Morgan fingerprint density at radius 3 is 2.08 bits per heavy atom. The Balaban J connectivity index is 1.79. The summed E-state index contributed by atoms with van der Waals surface area (Å²) >= 11 is 0. The number of allylic oxidation sites excluding steroid dienone is 3. The highest BCUT2D eigenvalue weighted by Gasteiger charge is 2.43. The molecule has 0 saturated carbocycles. The second-order valence-corrected chi connectivity index (χ2v) is 9.84. The molecule has 0 saturated heterocycles. The van der Waals surface area contributed by atoms with Gasteiger partial charge in [0.25, 0.3) is 0 Å². The first-order valence-corrected chi connectivity index (χ1v) is 11.7. The quantitative estimate of drug-likeness (QED) is 0.257. The number of hydrogen-bond acceptors (Lipinski definition) is 9. The average molecular weight is 500 g/mol. The number of aliphatic hydroxyl groups is 2. The molecule has 36 heavy (non-hydrogen) atoms. The summed E-state index contributed by atoms with van der Waals surface area (Å²) in [4.78, 5) is 8.23. The molecule has 0 amide bonds. The van der Waals surface area contributed by atoms with Crippen molar-refractivity contribution in [3.8, 4) is 17.8 Å². The summed E-state index contributed by atoms with van der Waals surface area (Å²) in [6.07, 6.45) is 2.47. The number of hydrogen-bond donors (Lipinski definition) is 3. The zero-order valence-electron chi connectivity index (χ0n) is 22.5. The largest absolute Gasteiger partial charge is 0.512 e. The van der Waals surface area contributed by atoms with Crippen molar-refractivity contribution in [2.45, 2.75) is 65.4 Å². The van der Waals surface area contributed by atoms with Crippen LogP contribution in [0.2, 0.25) is 0 Å². The fourth-order valence-corrected chi connectivity index (χ4v) is 4.42. The summed E-state index contributed by atoms with van der Waals surface area (Å²) in [5.41, 5.74) is 4.48. The monoisotopic (exact) mass is 499 g/mol. The van der Waals surface area contributed by atoms with Gasteiger partial charge in [-0.1, -0.05) is 18.2 Å². The average Bonchev–Trinajstić information content (AvgIpc) is 3.00. The number of rotatable bonds is 9. The lowest BCUT2D eigenvalue weighted by molar-refractivity contribution is -0.105. The van der Waals surface area contributed by atoms with Crippen LogP contribution in [-0.4, -0.2) is 47.7 Å². The molecule has 0 spiro atoms. The topological polar surface area (TPSA) is 115 Å². The van der Waals surface area contributed by atoms with Gasteiger partial charge in [0.15, 0.2) is 5.69 Å². The Morgan fingerprint density at radius 1 is 1.00 bits per heavy atom. The van der Waals surface area contributed by atoms with E-state index in [-0.39, 0.29) is 34.8 Å². The van der Waals surface area contributed by atoms with Gasteiger partial charge in [0.05, 0.1) is 38.3 Å². The molecule has 3 rings (SSSR count). The van der Waals surface area contributed by atoms with Crippen LogP contribution in [0, 0.1) is 6.92 Å². The summed E-state index contributed by atoms with van der Waals surface area (Å²) in [6.45, 7) is 12.0. The van der Waals surface area contributed by atoms with Gasteiger partial charge in [-0.25, -0.2) is 0 Å². The van der Waals surface area contributed by atoms with Crippen molar-refractivity contribution in [3.05, 3.63) is 57.9 Å². The zero-order valence-corrected chi connectivity index (χ0v) is 22.5. The molecular weight excluding hydrogens is 462 g/mol. The molecule has 1 aromatic carbocycles. The van der Waals surface area contributed by atoms with Gasteiger partial charge in [0, 0.05) is 6.42 Å². The van der Waals surface area contributed by atoms with E-state index in [0.29, 0.717) is 12.0 Å². The SMILES string of the molecule is COc1nc(OC)c(NC(O)/C(C)=C/C=C(\O)Cc2cc3c(cc2C)C(C)(C)OC3(C)C)c(OC)n1. The summed E-state index contributed by atoms with van der Waals surface area (Å²) in [5, 5.41) is 24.2. The van der Waals surface area contributed by atoms with Gasteiger partial charge >= 0.3 is 6.01 Å². The standard InChI is InChI=1S/C27H37N3O6/c1-15(22(32)28-21-23(33-7)29-25(35-9)30-24(21)34-8)10-11-18(31)13-17-14-20-19(12-16(17)2)26(3,4)36-27(20,5)6/h10-12,14,22,28,31-32H,13H2,1-9H3/b15-10+,18-11-. The minimum Gasteiger partial charge on any atom is -0.512 e. The Bertz CT molecular complexity index is 1160. The van der Waals surface area contributed by atoms with Crippen LogP contribution in [0.1, 0.15) is 56.9 Å². The molecule has 0 aliphatic carbocycles. The molecule has 1 aliphatic heterocycles. The molecule has 1 aromatic heterocycles. The second kappa shape index (κ2) is 10.4. The van der Waals surface area contributed by atoms with Crippen LogP contribution in [0.5, 0.6) is 17.8 Å². The molecule has 0 radical (unpaired) electrons. The van der Waals surface area contributed by atoms with Gasteiger partial charge in [-0.05, 0) is 75.4 Å². The van der Waals surface area contributed by atoms with Crippen molar-refractivity contribution in [2.75, 3.05) is 26.6 Å². The minimum absolute atomic E-state index is 0.0734. The van der Waals surface area contributed by atoms with Crippen molar-refractivity contribution in [3.63, 3.8) is 0 Å². The van der Waals surface area contributed by atoms with Gasteiger partial charge in [0.1, 0.15) is 6.23 Å². The van der Waals surface area contributed by atoms with Crippen molar-refractivity contribution < 1.29 is 29.2 Å². The van der Waals surface area contributed by atoms with E-state index in [0.717, 1.165) is 16.7 Å². The first kappa shape index (κ1) is 27.3. The first-order valence-electron chi connectivity index (χ1n) is 11.7. The lowest BCUT2D eigenvalue weighted by atomic mass is 9.86. The smallest absolute Gasteiger partial charge is 0.322 e. The molecule has 0 bridgehead atoms. The zero-order chi connectivity index (χ0) is 26.8. The number of methoxy groups -OCH3 is 3. The van der Waals surface area contributed by atoms with Gasteiger partial charge in [0.2, 0.25) is 11.8 Å². The van der Waals surface area contributed by atoms with Crippen LogP contribution in [0.4, 0.5) is 5.69 Å². The number of benzene rings is 1. The van der Waals surface area contributed by atoms with Crippen LogP contribution in [0.3, 0.4) is 0 Å². The molecular formula is C27H37N3O6. The molecule has 9 nitrogen and oxygen atoms in total. The Labute approximate surface area is 212 Å². The van der Waals surface area contributed by atoms with Gasteiger partial charge in [-0.3, -0.25) is 0 Å². The number of aryl methyl sites for hydroxylation is 1. The van der Waals surface area contributed by atoms with E-state index in [1.165, 1.54) is 26.9 Å². The molecule has 3 N–H and O–H groups in total. The maximum atomic E-state index is 10.7. The third-order valence-corrected chi connectivity index (χ3v) is 6.30. The van der Waals surface area contributed by atoms with E-state index in [1.54, 1.807) is 19.1 Å². The van der Waals surface area contributed by atoms with Crippen LogP contribution in [0.15, 0.2) is 35.6 Å². The lowest BCUT2D eigenvalue weighted by Crippen LogP contribution is -2.22. The summed E-state index contributed by atoms with van der Waals surface area (Å²) in [6, 6.07) is 4.35. The van der Waals surface area contributed by atoms with Crippen LogP contribution >= 0.6 is 0 Å². The van der Waals surface area contributed by atoms with E-state index >= 15 is 0 Å². The highest BCUT2D eigenvalue weighted by molar-refractivity contribution is 5.62. The maximum absolute atomic E-state index is 10.7. The van der Waals surface area contributed by atoms with Crippen molar-refractivity contribution in [2.24, 2.45) is 0 Å². The molecule has 1 aliphatic rings. The number of nitrogens with zero attached hydrogens (tertiary/aromatic N) is 2. The number of aromatic nitrogens is 2. The van der Waals surface area contributed by atoms with E-state index in [4.69, 9.17) is 18.9 Å². The molecule has 0 fully saturated rings. The summed E-state index contributed by atoms with van der Waals surface area (Å²) in [5.74, 6) is 0.487. The molecule has 196 valence electrons. The summed E-state index contributed by atoms with van der Waals surface area (Å²) < 4.78 is 21.9. The molecule has 1 atom stereocenters. The van der Waals surface area contributed by atoms with Gasteiger partial charge in [-0.15, -0.1) is 0 Å². The van der Waals surface area contributed by atoms with E-state index in [9.17, 15) is 10.2 Å². The third-order valence-electron chi connectivity index (χ3n) is 6.30. The highest BCUT2D eigenvalue weighted by atomic mass is 16.5. The van der Waals surface area contributed by atoms with Gasteiger partial charge in [-0.2, -0.15) is 9.97 Å². The molecule has 2 heterocycles. The lowest BCUT2D eigenvalue weighted by Gasteiger charge is -2.24. The Kier molecular flexibility index (Phi) is 7.85. The molecule has 2 aromatic rings. The van der Waals surface area contributed by atoms with E-state index in [2.05, 4.69) is 55.1 Å². The molecule has 1 unspecified atom stereocenters. The van der Waals surface area contributed by atoms with E-state index in [1.807, 2.05) is 6.92 Å². The van der Waals surface area contributed by atoms with Crippen LogP contribution in [-0.2, 0) is 22.4 Å². The third kappa shape index (κ3) is 5.57. The van der Waals surface area contributed by atoms with Crippen molar-refractivity contribution in [1.82, 2.24) is 9.97 Å². The Hall–Kier alpha value is -3.30. The van der Waals surface area contributed by atoms with Gasteiger partial charge < -0.3 is 34.5 Å². The normalized spacial score (nSPS) is 17.4. The van der Waals surface area contributed by atoms with Crippen LogP contribution < -0.4 is 19.5 Å². The predicted molar refractivity (Wildman–Crippen MR) is 138 cm³/mol. The number of anilines is 1. The Morgan fingerprint density at radius 2 is 1.56 bits per heavy atom. The maximum Gasteiger partial charge on any atom is 0.322 e. The number of fused-ring (bicyclic) bond motifs is 1. The number of nitrogens with one attached hydrogen (secondary N) is 1. The fourth-order valence-electron chi connectivity index (χ4n) is 4.42. The first-order chi connectivity index (χ1) is 16.8. The minimum atomic E-state index is -1.12. The second-order valence-electron chi connectivity index (χ2n) is 9.84. The number of aliphatic hydroxyl groups excluding tert-OH is 2.